The maximum Gasteiger partial charge on any atom is 0.329 e. The molecule has 0 unspecified atom stereocenters. The van der Waals surface area contributed by atoms with Gasteiger partial charge < -0.3 is 14.8 Å². The predicted octanol–water partition coefficient (Wildman–Crippen LogP) is 1.01. The van der Waals surface area contributed by atoms with E-state index in [1.54, 1.807) is 38.1 Å². The summed E-state index contributed by atoms with van der Waals surface area (Å²) in [4.78, 5) is 36.4. The van der Waals surface area contributed by atoms with Crippen LogP contribution in [0.3, 0.4) is 0 Å². The van der Waals surface area contributed by atoms with Gasteiger partial charge in [-0.25, -0.2) is 4.79 Å². The Balaban J connectivity index is 2.38. The molecule has 6 heteroatoms. The van der Waals surface area contributed by atoms with Gasteiger partial charge >= 0.3 is 11.9 Å². The van der Waals surface area contributed by atoms with E-state index in [4.69, 9.17) is 9.47 Å². The summed E-state index contributed by atoms with van der Waals surface area (Å²) in [6, 6.07) is 8.09. The number of hydrogen-bond donors (Lipinski definition) is 1. The summed E-state index contributed by atoms with van der Waals surface area (Å²) in [5, 5.41) is 2.56. The van der Waals surface area contributed by atoms with Crippen LogP contribution in [0.4, 0.5) is 0 Å². The second kappa shape index (κ2) is 7.06. The molecule has 0 bridgehead atoms. The number of benzene rings is 1. The first-order valence-corrected chi connectivity index (χ1v) is 7.28. The third-order valence-corrected chi connectivity index (χ3v) is 3.56. The number of amides is 1. The Hall–Kier alpha value is -2.37. The average Bonchev–Trinajstić information content (AvgIpc) is 2.86. The van der Waals surface area contributed by atoms with Crippen LogP contribution in [0.15, 0.2) is 30.3 Å². The van der Waals surface area contributed by atoms with Gasteiger partial charge in [0.2, 0.25) is 5.91 Å². The second-order valence-electron chi connectivity index (χ2n) is 4.90. The van der Waals surface area contributed by atoms with Gasteiger partial charge in [-0.3, -0.25) is 9.59 Å². The fourth-order valence-corrected chi connectivity index (χ4v) is 2.67. The van der Waals surface area contributed by atoms with Gasteiger partial charge in [0.15, 0.2) is 0 Å². The van der Waals surface area contributed by atoms with Gasteiger partial charge in [-0.15, -0.1) is 0 Å². The van der Waals surface area contributed by atoms with Crippen molar-refractivity contribution in [3.63, 3.8) is 0 Å². The lowest BCUT2D eigenvalue weighted by Crippen LogP contribution is -2.37. The van der Waals surface area contributed by atoms with Gasteiger partial charge in [-0.2, -0.15) is 0 Å². The highest BCUT2D eigenvalue weighted by atomic mass is 16.5. The van der Waals surface area contributed by atoms with Crippen molar-refractivity contribution in [3.8, 4) is 0 Å². The van der Waals surface area contributed by atoms with E-state index in [9.17, 15) is 14.4 Å². The SMILES string of the molecule is CCOC(=O)[C@@H]1C(=O)N[C@H](C(=O)OCC)[C@@H]1c1ccccc1. The molecule has 1 heterocycles. The summed E-state index contributed by atoms with van der Waals surface area (Å²) in [7, 11) is 0. The number of carbonyl (C=O) groups excluding carboxylic acids is 3. The van der Waals surface area contributed by atoms with Crippen molar-refractivity contribution in [2.24, 2.45) is 5.92 Å². The summed E-state index contributed by atoms with van der Waals surface area (Å²) in [5.41, 5.74) is 0.719. The summed E-state index contributed by atoms with van der Waals surface area (Å²) >= 11 is 0. The van der Waals surface area contributed by atoms with Gasteiger partial charge in [0, 0.05) is 5.92 Å². The fourth-order valence-electron chi connectivity index (χ4n) is 2.67. The van der Waals surface area contributed by atoms with E-state index in [2.05, 4.69) is 5.32 Å². The molecule has 0 aliphatic carbocycles. The Bertz CT molecular complexity index is 557. The zero-order chi connectivity index (χ0) is 16.1. The molecule has 1 aromatic rings. The molecule has 1 aliphatic heterocycles. The first-order valence-electron chi connectivity index (χ1n) is 7.28. The van der Waals surface area contributed by atoms with Crippen molar-refractivity contribution in [3.05, 3.63) is 35.9 Å². The van der Waals surface area contributed by atoms with E-state index >= 15 is 0 Å². The van der Waals surface area contributed by atoms with Crippen molar-refractivity contribution in [2.45, 2.75) is 25.8 Å². The molecule has 1 saturated heterocycles. The third kappa shape index (κ3) is 3.10. The summed E-state index contributed by atoms with van der Waals surface area (Å²) < 4.78 is 9.99. The average molecular weight is 305 g/mol. The number of nitrogens with one attached hydrogen (secondary N) is 1. The number of ether oxygens (including phenoxy) is 2. The maximum absolute atomic E-state index is 12.2. The fraction of sp³-hybridized carbons (Fsp3) is 0.438. The van der Waals surface area contributed by atoms with E-state index in [1.807, 2.05) is 6.07 Å². The van der Waals surface area contributed by atoms with Crippen LogP contribution < -0.4 is 5.32 Å². The number of hydrogen-bond acceptors (Lipinski definition) is 5. The van der Waals surface area contributed by atoms with Crippen LogP contribution in [-0.2, 0) is 23.9 Å². The molecular formula is C16H19NO5. The molecule has 0 spiro atoms. The Morgan fingerprint density at radius 3 is 2.23 bits per heavy atom. The van der Waals surface area contributed by atoms with Crippen LogP contribution in [-0.4, -0.2) is 37.1 Å². The smallest absolute Gasteiger partial charge is 0.329 e. The molecule has 0 saturated carbocycles. The van der Waals surface area contributed by atoms with E-state index in [0.29, 0.717) is 0 Å². The highest BCUT2D eigenvalue weighted by molar-refractivity contribution is 6.04. The molecule has 6 nitrogen and oxygen atoms in total. The van der Waals surface area contributed by atoms with Gasteiger partial charge in [0.25, 0.3) is 0 Å². The topological polar surface area (TPSA) is 81.7 Å². The van der Waals surface area contributed by atoms with Crippen LogP contribution >= 0.6 is 0 Å². The Morgan fingerprint density at radius 2 is 1.64 bits per heavy atom. The zero-order valence-corrected chi connectivity index (χ0v) is 12.6. The molecular weight excluding hydrogens is 286 g/mol. The van der Waals surface area contributed by atoms with Gasteiger partial charge in [0.1, 0.15) is 12.0 Å². The molecule has 3 atom stereocenters. The van der Waals surface area contributed by atoms with Crippen LogP contribution in [0.2, 0.25) is 0 Å². The third-order valence-electron chi connectivity index (χ3n) is 3.56. The minimum absolute atomic E-state index is 0.175. The molecule has 0 radical (unpaired) electrons. The van der Waals surface area contributed by atoms with E-state index < -0.39 is 35.7 Å². The molecule has 1 fully saturated rings. The molecule has 118 valence electrons. The molecule has 1 amide bonds. The molecule has 0 aromatic heterocycles. The van der Waals surface area contributed by atoms with Gasteiger partial charge in [-0.1, -0.05) is 30.3 Å². The number of esters is 2. The summed E-state index contributed by atoms with van der Waals surface area (Å²) in [6.45, 7) is 3.74. The van der Waals surface area contributed by atoms with Crippen molar-refractivity contribution in [1.82, 2.24) is 5.32 Å². The van der Waals surface area contributed by atoms with Crippen molar-refractivity contribution in [2.75, 3.05) is 13.2 Å². The minimum atomic E-state index is -1.04. The standard InChI is InChI=1S/C16H19NO5/c1-3-21-15(19)12-11(10-8-6-5-7-9-10)13(17-14(12)18)16(20)22-4-2/h5-9,11-13H,3-4H2,1-2H3,(H,17,18)/t11-,12+,13+/m1/s1. The van der Waals surface area contributed by atoms with Crippen LogP contribution in [0.25, 0.3) is 0 Å². The van der Waals surface area contributed by atoms with Gasteiger partial charge in [-0.05, 0) is 19.4 Å². The lowest BCUT2D eigenvalue weighted by molar-refractivity contribution is -0.151. The van der Waals surface area contributed by atoms with Crippen molar-refractivity contribution < 1.29 is 23.9 Å². The Morgan fingerprint density at radius 1 is 1.05 bits per heavy atom. The summed E-state index contributed by atoms with van der Waals surface area (Å²) in [6.07, 6.45) is 0. The van der Waals surface area contributed by atoms with Crippen molar-refractivity contribution in [1.29, 1.82) is 0 Å². The second-order valence-corrected chi connectivity index (χ2v) is 4.90. The quantitative estimate of drug-likeness (QED) is 0.648. The molecule has 1 aromatic carbocycles. The Kier molecular flexibility index (Phi) is 5.14. The van der Waals surface area contributed by atoms with Crippen LogP contribution in [0.5, 0.6) is 0 Å². The molecule has 2 rings (SSSR count). The molecule has 22 heavy (non-hydrogen) atoms. The largest absolute Gasteiger partial charge is 0.465 e. The first-order chi connectivity index (χ1) is 10.6. The van der Waals surface area contributed by atoms with Crippen LogP contribution in [0, 0.1) is 5.92 Å². The monoisotopic (exact) mass is 305 g/mol. The maximum atomic E-state index is 12.2. The van der Waals surface area contributed by atoms with E-state index in [1.165, 1.54) is 0 Å². The van der Waals surface area contributed by atoms with E-state index in [0.717, 1.165) is 5.56 Å². The minimum Gasteiger partial charge on any atom is -0.465 e. The zero-order valence-electron chi connectivity index (χ0n) is 12.6. The highest BCUT2D eigenvalue weighted by Gasteiger charge is 2.51. The molecule has 1 N–H and O–H groups in total. The van der Waals surface area contributed by atoms with Gasteiger partial charge in [0.05, 0.1) is 13.2 Å². The van der Waals surface area contributed by atoms with E-state index in [-0.39, 0.29) is 13.2 Å². The number of carbonyl (C=O) groups is 3. The molecule has 1 aliphatic rings. The normalized spacial score (nSPS) is 23.7. The lowest BCUT2D eigenvalue weighted by Gasteiger charge is -2.21. The predicted molar refractivity (Wildman–Crippen MR) is 77.9 cm³/mol. The van der Waals surface area contributed by atoms with Crippen LogP contribution in [0.1, 0.15) is 25.3 Å². The summed E-state index contributed by atoms with van der Waals surface area (Å²) in [5.74, 6) is -3.36. The highest BCUT2D eigenvalue weighted by Crippen LogP contribution is 2.35. The van der Waals surface area contributed by atoms with Crippen molar-refractivity contribution >= 4 is 17.8 Å². The Labute approximate surface area is 128 Å². The first kappa shape index (κ1) is 16.0. The number of rotatable bonds is 5. The lowest BCUT2D eigenvalue weighted by atomic mass is 9.84.